The zero-order valence-electron chi connectivity index (χ0n) is 16.1. The first-order chi connectivity index (χ1) is 14.1. The van der Waals surface area contributed by atoms with Gasteiger partial charge in [0, 0.05) is 17.3 Å². The normalized spacial score (nSPS) is 23.5. The molecule has 2 aliphatic heterocycles. The Morgan fingerprint density at radius 2 is 2.07 bits per heavy atom. The monoisotopic (exact) mass is 452 g/mol. The lowest BCUT2D eigenvalue weighted by Gasteiger charge is -2.11. The lowest BCUT2D eigenvalue weighted by molar-refractivity contribution is 0.265. The molecule has 11 heteroatoms. The van der Waals surface area contributed by atoms with E-state index < -0.39 is 21.5 Å². The van der Waals surface area contributed by atoms with Crippen molar-refractivity contribution in [3.8, 4) is 0 Å². The lowest BCUT2D eigenvalue weighted by Crippen LogP contribution is -2.18. The highest BCUT2D eigenvalue weighted by Crippen LogP contribution is 2.32. The molecule has 0 unspecified atom stereocenters. The van der Waals surface area contributed by atoms with E-state index in [2.05, 4.69) is 15.4 Å². The molecule has 30 heavy (non-hydrogen) atoms. The SMILES string of the molecule is Cc1nn([C@H]2CCS(=O)(=O)C2)c(C)c1/C=C1\SC(=O)NC1=Nc1ccc(F)c(F)c1. The molecule has 2 aromatic rings. The molecule has 4 rings (SSSR count). The number of thioether (sulfide) groups is 1. The van der Waals surface area contributed by atoms with E-state index in [0.29, 0.717) is 17.0 Å². The standard InChI is InChI=1S/C19H18F2N4O3S2/c1-10-14(11(2)25(24-10)13-5-6-30(27,28)9-13)8-17-18(23-19(26)29-17)22-12-3-4-15(20)16(21)7-12/h3-4,7-8,13H,5-6,9H2,1-2H3,(H,22,23,26)/b17-8-/t13-/m0/s1. The Bertz CT molecular complexity index is 1220. The van der Waals surface area contributed by atoms with Crippen molar-refractivity contribution in [1.29, 1.82) is 0 Å². The van der Waals surface area contributed by atoms with Crippen molar-refractivity contribution < 1.29 is 22.0 Å². The van der Waals surface area contributed by atoms with Crippen molar-refractivity contribution in [3.05, 3.63) is 51.7 Å². The summed E-state index contributed by atoms with van der Waals surface area (Å²) in [6, 6.07) is 3.01. The molecule has 3 heterocycles. The maximum absolute atomic E-state index is 13.5. The number of nitrogens with one attached hydrogen (secondary N) is 1. The van der Waals surface area contributed by atoms with Crippen molar-refractivity contribution in [2.45, 2.75) is 26.3 Å². The van der Waals surface area contributed by atoms with Gasteiger partial charge in [-0.25, -0.2) is 22.2 Å². The van der Waals surface area contributed by atoms with Gasteiger partial charge in [0.1, 0.15) is 5.84 Å². The van der Waals surface area contributed by atoms with Crippen molar-refractivity contribution in [2.75, 3.05) is 11.5 Å². The molecule has 7 nitrogen and oxygen atoms in total. The molecule has 1 aromatic heterocycles. The maximum Gasteiger partial charge on any atom is 0.289 e. The fourth-order valence-corrected chi connectivity index (χ4v) is 5.95. The number of aliphatic imine (C=N–C) groups is 1. The van der Waals surface area contributed by atoms with E-state index in [4.69, 9.17) is 0 Å². The van der Waals surface area contributed by atoms with Gasteiger partial charge in [-0.15, -0.1) is 0 Å². The maximum atomic E-state index is 13.5. The molecule has 0 spiro atoms. The molecule has 158 valence electrons. The second-order valence-electron chi connectivity index (χ2n) is 7.17. The summed E-state index contributed by atoms with van der Waals surface area (Å²) >= 11 is 0.933. The summed E-state index contributed by atoms with van der Waals surface area (Å²) in [5.74, 6) is -1.58. The largest absolute Gasteiger partial charge is 0.300 e. The minimum atomic E-state index is -3.06. The Labute approximate surface area is 176 Å². The fraction of sp³-hybridized carbons (Fsp3) is 0.316. The van der Waals surface area contributed by atoms with E-state index in [0.717, 1.165) is 35.2 Å². The molecule has 0 aliphatic carbocycles. The lowest BCUT2D eigenvalue weighted by atomic mass is 10.1. The second kappa shape index (κ2) is 7.62. The summed E-state index contributed by atoms with van der Waals surface area (Å²) in [5, 5.41) is 6.77. The van der Waals surface area contributed by atoms with E-state index in [9.17, 15) is 22.0 Å². The first kappa shape index (κ1) is 20.7. The van der Waals surface area contributed by atoms with Crippen LogP contribution in [-0.2, 0) is 9.84 Å². The molecule has 1 aromatic carbocycles. The van der Waals surface area contributed by atoms with Gasteiger partial charge in [0.05, 0.1) is 33.8 Å². The highest BCUT2D eigenvalue weighted by Gasteiger charge is 2.32. The number of amides is 1. The van der Waals surface area contributed by atoms with Crippen LogP contribution in [-0.4, -0.2) is 40.8 Å². The number of hydrogen-bond donors (Lipinski definition) is 1. The number of halogens is 2. The number of carbonyl (C=O) groups excluding carboxylic acids is 1. The number of carbonyl (C=O) groups is 1. The molecule has 0 bridgehead atoms. The molecule has 0 radical (unpaired) electrons. The van der Waals surface area contributed by atoms with Crippen molar-refractivity contribution in [1.82, 2.24) is 15.1 Å². The van der Waals surface area contributed by atoms with Gasteiger partial charge >= 0.3 is 0 Å². The van der Waals surface area contributed by atoms with Crippen LogP contribution in [0.15, 0.2) is 28.1 Å². The summed E-state index contributed by atoms with van der Waals surface area (Å²) < 4.78 is 52.0. The van der Waals surface area contributed by atoms with Crippen LogP contribution in [0.25, 0.3) is 6.08 Å². The third-order valence-electron chi connectivity index (χ3n) is 5.01. The minimum Gasteiger partial charge on any atom is -0.300 e. The predicted molar refractivity (Wildman–Crippen MR) is 112 cm³/mol. The van der Waals surface area contributed by atoms with E-state index in [1.807, 2.05) is 6.92 Å². The average molecular weight is 453 g/mol. The molecule has 1 atom stereocenters. The van der Waals surface area contributed by atoms with Gasteiger partial charge in [-0.1, -0.05) is 0 Å². The Morgan fingerprint density at radius 1 is 1.30 bits per heavy atom. The Kier molecular flexibility index (Phi) is 5.27. The van der Waals surface area contributed by atoms with Gasteiger partial charge < -0.3 is 5.32 Å². The molecule has 2 aliphatic rings. The average Bonchev–Trinajstić information content (AvgIpc) is 3.29. The molecule has 0 saturated carbocycles. The molecular formula is C19H18F2N4O3S2. The van der Waals surface area contributed by atoms with Crippen molar-refractivity contribution >= 4 is 44.4 Å². The first-order valence-electron chi connectivity index (χ1n) is 9.14. The summed E-state index contributed by atoms with van der Waals surface area (Å²) in [6.07, 6.45) is 2.26. The Hall–Kier alpha value is -2.53. The highest BCUT2D eigenvalue weighted by atomic mass is 32.2. The van der Waals surface area contributed by atoms with Crippen LogP contribution in [0.3, 0.4) is 0 Å². The number of aryl methyl sites for hydroxylation is 1. The van der Waals surface area contributed by atoms with E-state index >= 15 is 0 Å². The first-order valence-corrected chi connectivity index (χ1v) is 11.8. The zero-order chi connectivity index (χ0) is 21.6. The van der Waals surface area contributed by atoms with Crippen LogP contribution >= 0.6 is 11.8 Å². The van der Waals surface area contributed by atoms with Gasteiger partial charge in [-0.3, -0.25) is 9.48 Å². The van der Waals surface area contributed by atoms with Crippen molar-refractivity contribution in [2.24, 2.45) is 4.99 Å². The zero-order valence-corrected chi connectivity index (χ0v) is 17.8. The number of amidine groups is 1. The van der Waals surface area contributed by atoms with E-state index in [1.54, 1.807) is 17.7 Å². The van der Waals surface area contributed by atoms with E-state index in [-0.39, 0.29) is 34.3 Å². The van der Waals surface area contributed by atoms with Gasteiger partial charge in [0.2, 0.25) is 0 Å². The van der Waals surface area contributed by atoms with Gasteiger partial charge in [0.15, 0.2) is 21.5 Å². The van der Waals surface area contributed by atoms with Crippen LogP contribution in [0, 0.1) is 25.5 Å². The number of nitrogens with zero attached hydrogens (tertiary/aromatic N) is 3. The van der Waals surface area contributed by atoms with Crippen molar-refractivity contribution in [3.63, 3.8) is 0 Å². The topological polar surface area (TPSA) is 93.4 Å². The number of hydrogen-bond acceptors (Lipinski definition) is 6. The van der Waals surface area contributed by atoms with E-state index in [1.165, 1.54) is 6.07 Å². The van der Waals surface area contributed by atoms with Crippen LogP contribution in [0.2, 0.25) is 0 Å². The number of benzene rings is 1. The molecule has 1 amide bonds. The number of aromatic nitrogens is 2. The molecule has 2 fully saturated rings. The number of rotatable bonds is 3. The predicted octanol–water partition coefficient (Wildman–Crippen LogP) is 3.67. The molecule has 1 N–H and O–H groups in total. The smallest absolute Gasteiger partial charge is 0.289 e. The molecule has 2 saturated heterocycles. The second-order valence-corrected chi connectivity index (χ2v) is 10.4. The summed E-state index contributed by atoms with van der Waals surface area (Å²) in [4.78, 5) is 16.7. The molecular weight excluding hydrogens is 434 g/mol. The third kappa shape index (κ3) is 4.04. The third-order valence-corrected chi connectivity index (χ3v) is 7.58. The summed E-state index contributed by atoms with van der Waals surface area (Å²) in [7, 11) is -3.06. The van der Waals surface area contributed by atoms with Gasteiger partial charge in [-0.05, 0) is 50.2 Å². The number of sulfone groups is 1. The Balaban J connectivity index is 1.70. The van der Waals surface area contributed by atoms with Crippen LogP contribution in [0.4, 0.5) is 19.3 Å². The van der Waals surface area contributed by atoms with Gasteiger partial charge in [-0.2, -0.15) is 5.10 Å². The van der Waals surface area contributed by atoms with Crippen LogP contribution in [0.5, 0.6) is 0 Å². The quantitative estimate of drug-likeness (QED) is 0.767. The van der Waals surface area contributed by atoms with Crippen LogP contribution < -0.4 is 5.32 Å². The van der Waals surface area contributed by atoms with Gasteiger partial charge in [0.25, 0.3) is 5.24 Å². The summed E-state index contributed by atoms with van der Waals surface area (Å²) in [5.41, 5.74) is 2.40. The fourth-order valence-electron chi connectivity index (χ4n) is 3.54. The minimum absolute atomic E-state index is 0.0581. The highest BCUT2D eigenvalue weighted by molar-refractivity contribution is 8.18. The Morgan fingerprint density at radius 3 is 2.73 bits per heavy atom. The summed E-state index contributed by atoms with van der Waals surface area (Å²) in [6.45, 7) is 3.65. The van der Waals surface area contributed by atoms with Crippen LogP contribution in [0.1, 0.15) is 29.4 Å².